The van der Waals surface area contributed by atoms with Crippen LogP contribution in [-0.4, -0.2) is 0 Å². The van der Waals surface area contributed by atoms with E-state index in [2.05, 4.69) is 27.8 Å². The van der Waals surface area contributed by atoms with Crippen LogP contribution in [0.3, 0.4) is 0 Å². The minimum atomic E-state index is -0.0986. The molecule has 0 N–H and O–H groups in total. The monoisotopic (exact) mass is 338 g/mol. The number of fused-ring (bicyclic) bond motifs is 1. The van der Waals surface area contributed by atoms with Crippen molar-refractivity contribution in [2.45, 2.75) is 6.92 Å². The second-order valence-corrected chi connectivity index (χ2v) is 5.53. The average Bonchev–Trinajstić information content (AvgIpc) is 2.49. The molecule has 0 radical (unpaired) electrons. The Kier molecular flexibility index (Phi) is 3.64. The second-order valence-electron chi connectivity index (χ2n) is 4.62. The molecule has 2 aromatic carbocycles. The molecule has 0 atom stereocenters. The van der Waals surface area contributed by atoms with E-state index < -0.39 is 0 Å². The first kappa shape index (κ1) is 13.7. The van der Waals surface area contributed by atoms with Crippen LogP contribution in [0, 0.1) is 18.8 Å². The third-order valence-electron chi connectivity index (χ3n) is 3.13. The average molecular weight is 339 g/mol. The van der Waals surface area contributed by atoms with Crippen molar-refractivity contribution < 1.29 is 4.42 Å². The number of rotatable bonds is 0. The number of hydrogen-bond acceptors (Lipinski definition) is 2. The zero-order valence-electron chi connectivity index (χ0n) is 11.3. The highest BCUT2D eigenvalue weighted by Crippen LogP contribution is 2.19. The first-order valence-corrected chi connectivity index (χ1v) is 7.24. The summed E-state index contributed by atoms with van der Waals surface area (Å²) in [5.74, 6) is 6.48. The maximum Gasteiger partial charge on any atom is 0.208 e. The fourth-order valence-corrected chi connectivity index (χ4v) is 2.44. The van der Waals surface area contributed by atoms with Gasteiger partial charge in [0.1, 0.15) is 16.9 Å². The van der Waals surface area contributed by atoms with Crippen molar-refractivity contribution in [3.8, 4) is 11.8 Å². The lowest BCUT2D eigenvalue weighted by molar-refractivity contribution is 0.562. The quantitative estimate of drug-likeness (QED) is 0.573. The first-order chi connectivity index (χ1) is 10.1. The molecule has 0 unspecified atom stereocenters. The summed E-state index contributed by atoms with van der Waals surface area (Å²) in [6, 6.07) is 15.0. The molecular weight excluding hydrogens is 328 g/mol. The molecule has 21 heavy (non-hydrogen) atoms. The van der Waals surface area contributed by atoms with Gasteiger partial charge in [0.05, 0.1) is 5.39 Å². The molecule has 0 amide bonds. The second kappa shape index (κ2) is 5.59. The standard InChI is InChI=1S/C18H11BrO2/c1-12-15(9-7-13-5-3-2-4-6-13)18(20)16-11-14(19)8-10-17(16)21-12/h2-6,8,10-11H,1H3. The smallest absolute Gasteiger partial charge is 0.208 e. The lowest BCUT2D eigenvalue weighted by Gasteiger charge is -2.02. The molecule has 2 nitrogen and oxygen atoms in total. The molecule has 0 saturated heterocycles. The summed E-state index contributed by atoms with van der Waals surface area (Å²) >= 11 is 3.37. The van der Waals surface area contributed by atoms with Gasteiger partial charge in [0.15, 0.2) is 0 Å². The number of aryl methyl sites for hydroxylation is 1. The Labute approximate surface area is 130 Å². The zero-order chi connectivity index (χ0) is 14.8. The largest absolute Gasteiger partial charge is 0.460 e. The molecule has 0 fully saturated rings. The number of benzene rings is 2. The summed E-state index contributed by atoms with van der Waals surface area (Å²) in [7, 11) is 0. The van der Waals surface area contributed by atoms with Gasteiger partial charge >= 0.3 is 0 Å². The fraction of sp³-hybridized carbons (Fsp3) is 0.0556. The molecule has 0 aliphatic heterocycles. The van der Waals surface area contributed by atoms with Gasteiger partial charge < -0.3 is 4.42 Å². The summed E-state index contributed by atoms with van der Waals surface area (Å²) in [5.41, 5.74) is 1.75. The molecule has 1 aromatic heterocycles. The van der Waals surface area contributed by atoms with Gasteiger partial charge in [-0.05, 0) is 37.3 Å². The van der Waals surface area contributed by atoms with E-state index in [1.165, 1.54) is 0 Å². The highest BCUT2D eigenvalue weighted by molar-refractivity contribution is 9.10. The molecule has 0 spiro atoms. The predicted octanol–water partition coefficient (Wildman–Crippen LogP) is 4.26. The summed E-state index contributed by atoms with van der Waals surface area (Å²) in [5, 5.41) is 0.535. The summed E-state index contributed by atoms with van der Waals surface area (Å²) in [6.45, 7) is 1.76. The molecular formula is C18H11BrO2. The van der Waals surface area contributed by atoms with Crippen molar-refractivity contribution in [3.63, 3.8) is 0 Å². The minimum absolute atomic E-state index is 0.0986. The van der Waals surface area contributed by atoms with Crippen LogP contribution in [0.15, 0.2) is 62.2 Å². The van der Waals surface area contributed by atoms with E-state index in [9.17, 15) is 4.79 Å². The Morgan fingerprint density at radius 3 is 2.57 bits per heavy atom. The molecule has 3 aromatic rings. The van der Waals surface area contributed by atoms with Crippen LogP contribution >= 0.6 is 15.9 Å². The van der Waals surface area contributed by atoms with Gasteiger partial charge in [-0.1, -0.05) is 46.0 Å². The molecule has 102 valence electrons. The Hall–Kier alpha value is -2.31. The fourth-order valence-electron chi connectivity index (χ4n) is 2.08. The van der Waals surface area contributed by atoms with Crippen LogP contribution in [0.25, 0.3) is 11.0 Å². The van der Waals surface area contributed by atoms with Gasteiger partial charge in [0, 0.05) is 10.0 Å². The van der Waals surface area contributed by atoms with Crippen LogP contribution in [0.4, 0.5) is 0 Å². The van der Waals surface area contributed by atoms with E-state index in [4.69, 9.17) is 4.42 Å². The van der Waals surface area contributed by atoms with Gasteiger partial charge in [-0.15, -0.1) is 0 Å². The Morgan fingerprint density at radius 2 is 1.81 bits per heavy atom. The van der Waals surface area contributed by atoms with Crippen LogP contribution in [-0.2, 0) is 0 Å². The van der Waals surface area contributed by atoms with E-state index in [0.29, 0.717) is 22.3 Å². The topological polar surface area (TPSA) is 30.2 Å². The molecule has 0 aliphatic rings. The molecule has 0 bridgehead atoms. The Balaban J connectivity index is 2.20. The molecule has 3 rings (SSSR count). The molecule has 0 aliphatic carbocycles. The first-order valence-electron chi connectivity index (χ1n) is 6.45. The molecule has 3 heteroatoms. The van der Waals surface area contributed by atoms with Crippen LogP contribution in [0.1, 0.15) is 16.9 Å². The van der Waals surface area contributed by atoms with Crippen molar-refractivity contribution in [2.24, 2.45) is 0 Å². The Morgan fingerprint density at radius 1 is 1.05 bits per heavy atom. The molecule has 0 saturated carbocycles. The van der Waals surface area contributed by atoms with Crippen molar-refractivity contribution in [2.75, 3.05) is 0 Å². The lowest BCUT2D eigenvalue weighted by atomic mass is 10.1. The minimum Gasteiger partial charge on any atom is -0.460 e. The van der Waals surface area contributed by atoms with Crippen molar-refractivity contribution in [3.05, 3.63) is 80.1 Å². The van der Waals surface area contributed by atoms with Gasteiger partial charge in [-0.3, -0.25) is 4.79 Å². The third kappa shape index (κ3) is 2.76. The van der Waals surface area contributed by atoms with Gasteiger partial charge in [0.25, 0.3) is 0 Å². The highest BCUT2D eigenvalue weighted by atomic mass is 79.9. The SMILES string of the molecule is Cc1oc2ccc(Br)cc2c(=O)c1C#Cc1ccccc1. The zero-order valence-corrected chi connectivity index (χ0v) is 12.9. The van der Waals surface area contributed by atoms with Gasteiger partial charge in [-0.25, -0.2) is 0 Å². The van der Waals surface area contributed by atoms with Crippen LogP contribution in [0.2, 0.25) is 0 Å². The lowest BCUT2D eigenvalue weighted by Crippen LogP contribution is -2.08. The van der Waals surface area contributed by atoms with Gasteiger partial charge in [0.2, 0.25) is 5.43 Å². The maximum absolute atomic E-state index is 12.5. The van der Waals surface area contributed by atoms with Crippen molar-refractivity contribution in [1.82, 2.24) is 0 Å². The Bertz CT molecular complexity index is 928. The van der Waals surface area contributed by atoms with E-state index in [0.717, 1.165) is 10.0 Å². The third-order valence-corrected chi connectivity index (χ3v) is 3.63. The number of hydrogen-bond donors (Lipinski definition) is 0. The normalized spacial score (nSPS) is 10.2. The van der Waals surface area contributed by atoms with E-state index in [-0.39, 0.29) is 5.43 Å². The van der Waals surface area contributed by atoms with E-state index in [1.807, 2.05) is 36.4 Å². The summed E-state index contributed by atoms with van der Waals surface area (Å²) in [4.78, 5) is 12.5. The van der Waals surface area contributed by atoms with Crippen LogP contribution in [0.5, 0.6) is 0 Å². The maximum atomic E-state index is 12.5. The highest BCUT2D eigenvalue weighted by Gasteiger charge is 2.09. The van der Waals surface area contributed by atoms with Crippen molar-refractivity contribution >= 4 is 26.9 Å². The van der Waals surface area contributed by atoms with Gasteiger partial charge in [-0.2, -0.15) is 0 Å². The summed E-state index contributed by atoms with van der Waals surface area (Å²) < 4.78 is 6.53. The number of halogens is 1. The van der Waals surface area contributed by atoms with E-state index in [1.54, 1.807) is 19.1 Å². The summed E-state index contributed by atoms with van der Waals surface area (Å²) in [6.07, 6.45) is 0. The van der Waals surface area contributed by atoms with Crippen molar-refractivity contribution in [1.29, 1.82) is 0 Å². The predicted molar refractivity (Wildman–Crippen MR) is 87.3 cm³/mol. The van der Waals surface area contributed by atoms with Crippen LogP contribution < -0.4 is 5.43 Å². The van der Waals surface area contributed by atoms with E-state index >= 15 is 0 Å². The molecule has 1 heterocycles.